The summed E-state index contributed by atoms with van der Waals surface area (Å²) in [6.45, 7) is 2.57. The van der Waals surface area contributed by atoms with Crippen molar-refractivity contribution in [2.24, 2.45) is 5.10 Å². The largest absolute Gasteiger partial charge is 0.494 e. The predicted molar refractivity (Wildman–Crippen MR) is 106 cm³/mol. The fourth-order valence-electron chi connectivity index (χ4n) is 2.20. The van der Waals surface area contributed by atoms with E-state index in [1.165, 1.54) is 11.3 Å². The van der Waals surface area contributed by atoms with Gasteiger partial charge in [-0.15, -0.1) is 11.3 Å². The molecule has 0 bridgehead atoms. The number of thiazole rings is 1. The molecule has 0 saturated carbocycles. The molecule has 26 heavy (non-hydrogen) atoms. The number of nitrogens with one attached hydrogen (secondary N) is 1. The first kappa shape index (κ1) is 17.9. The zero-order chi connectivity index (χ0) is 18.4. The summed E-state index contributed by atoms with van der Waals surface area (Å²) in [4.78, 5) is 4.52. The number of benzene rings is 2. The number of aromatic nitrogens is 1. The average Bonchev–Trinajstić information content (AvgIpc) is 3.13. The number of anilines is 1. The van der Waals surface area contributed by atoms with E-state index in [4.69, 9.17) is 16.3 Å². The van der Waals surface area contributed by atoms with Gasteiger partial charge >= 0.3 is 0 Å². The summed E-state index contributed by atoms with van der Waals surface area (Å²) in [7, 11) is 0. The van der Waals surface area contributed by atoms with E-state index in [9.17, 15) is 5.26 Å². The number of nitriles is 1. The van der Waals surface area contributed by atoms with E-state index >= 15 is 0 Å². The van der Waals surface area contributed by atoms with Gasteiger partial charge in [-0.1, -0.05) is 17.7 Å². The third-order valence-electron chi connectivity index (χ3n) is 3.40. The summed E-state index contributed by atoms with van der Waals surface area (Å²) >= 11 is 7.31. The maximum atomic E-state index is 9.39. The molecule has 0 atom stereocenters. The molecule has 3 rings (SSSR count). The minimum atomic E-state index is 0.215. The highest BCUT2D eigenvalue weighted by atomic mass is 35.5. The van der Waals surface area contributed by atoms with Crippen LogP contribution in [0.25, 0.3) is 11.3 Å². The van der Waals surface area contributed by atoms with E-state index in [1.807, 2.05) is 42.6 Å². The smallest absolute Gasteiger partial charge is 0.196 e. The van der Waals surface area contributed by atoms with Crippen LogP contribution in [0.3, 0.4) is 0 Å². The lowest BCUT2D eigenvalue weighted by Crippen LogP contribution is -2.01. The van der Waals surface area contributed by atoms with Crippen molar-refractivity contribution in [2.75, 3.05) is 12.0 Å². The lowest BCUT2D eigenvalue weighted by Gasteiger charge is -2.03. The molecule has 1 N–H and O–H groups in total. The molecule has 2 aromatic carbocycles. The van der Waals surface area contributed by atoms with Crippen LogP contribution < -0.4 is 10.2 Å². The SMILES string of the molecule is CCOc1ccc(-c2csc(/C(C#N)=N/Nc3cccc(Cl)c3)n2)cc1. The highest BCUT2D eigenvalue weighted by Crippen LogP contribution is 2.25. The summed E-state index contributed by atoms with van der Waals surface area (Å²) in [5, 5.41) is 16.6. The maximum Gasteiger partial charge on any atom is 0.196 e. The molecule has 0 radical (unpaired) electrons. The molecule has 1 heterocycles. The van der Waals surface area contributed by atoms with Crippen LogP contribution in [0.4, 0.5) is 5.69 Å². The molecule has 0 aliphatic carbocycles. The number of nitrogens with zero attached hydrogens (tertiary/aromatic N) is 3. The Balaban J connectivity index is 1.78. The fraction of sp³-hybridized carbons (Fsp3) is 0.105. The molecular weight excluding hydrogens is 368 g/mol. The average molecular weight is 383 g/mol. The molecule has 0 unspecified atom stereocenters. The number of hydrogen-bond donors (Lipinski definition) is 1. The third kappa shape index (κ3) is 4.39. The molecular formula is C19H15ClN4OS. The Morgan fingerprint density at radius 2 is 2.12 bits per heavy atom. The second-order valence-corrected chi connectivity index (χ2v) is 6.48. The number of ether oxygens (including phenoxy) is 1. The van der Waals surface area contributed by atoms with Crippen molar-refractivity contribution in [1.29, 1.82) is 5.26 Å². The first-order valence-corrected chi connectivity index (χ1v) is 9.14. The van der Waals surface area contributed by atoms with Crippen molar-refractivity contribution in [3.63, 3.8) is 0 Å². The Bertz CT molecular complexity index is 960. The minimum absolute atomic E-state index is 0.215. The summed E-state index contributed by atoms with van der Waals surface area (Å²) in [5.74, 6) is 0.816. The number of halogens is 1. The maximum absolute atomic E-state index is 9.39. The molecule has 0 spiro atoms. The van der Waals surface area contributed by atoms with Crippen LogP contribution in [-0.4, -0.2) is 17.3 Å². The van der Waals surface area contributed by atoms with Crippen LogP contribution in [0.15, 0.2) is 59.0 Å². The number of hydrogen-bond acceptors (Lipinski definition) is 6. The second-order valence-electron chi connectivity index (χ2n) is 5.19. The molecule has 0 amide bonds. The monoisotopic (exact) mass is 382 g/mol. The first-order chi connectivity index (χ1) is 12.7. The molecule has 0 saturated heterocycles. The minimum Gasteiger partial charge on any atom is -0.494 e. The normalized spacial score (nSPS) is 11.0. The van der Waals surface area contributed by atoms with E-state index in [1.54, 1.807) is 18.2 Å². The van der Waals surface area contributed by atoms with Crippen molar-refractivity contribution in [1.82, 2.24) is 4.98 Å². The van der Waals surface area contributed by atoms with E-state index in [-0.39, 0.29) is 5.71 Å². The zero-order valence-corrected chi connectivity index (χ0v) is 15.5. The van der Waals surface area contributed by atoms with E-state index in [0.29, 0.717) is 22.3 Å². The molecule has 3 aromatic rings. The zero-order valence-electron chi connectivity index (χ0n) is 13.9. The predicted octanol–water partition coefficient (Wildman–Crippen LogP) is 5.20. The fourth-order valence-corrected chi connectivity index (χ4v) is 3.16. The topological polar surface area (TPSA) is 70.3 Å². The van der Waals surface area contributed by atoms with Gasteiger partial charge in [0.2, 0.25) is 0 Å². The van der Waals surface area contributed by atoms with Crippen molar-refractivity contribution < 1.29 is 4.74 Å². The van der Waals surface area contributed by atoms with Gasteiger partial charge in [-0.2, -0.15) is 10.4 Å². The van der Waals surface area contributed by atoms with Crippen LogP contribution in [0.2, 0.25) is 5.02 Å². The lowest BCUT2D eigenvalue weighted by molar-refractivity contribution is 0.340. The van der Waals surface area contributed by atoms with Crippen molar-refractivity contribution in [3.05, 3.63) is 63.9 Å². The van der Waals surface area contributed by atoms with Gasteiger partial charge in [0.1, 0.15) is 11.8 Å². The molecule has 1 aromatic heterocycles. The lowest BCUT2D eigenvalue weighted by atomic mass is 10.2. The van der Waals surface area contributed by atoms with Crippen LogP contribution >= 0.6 is 22.9 Å². The van der Waals surface area contributed by atoms with Gasteiger partial charge in [0.15, 0.2) is 10.7 Å². The molecule has 0 aliphatic heterocycles. The van der Waals surface area contributed by atoms with E-state index in [0.717, 1.165) is 17.0 Å². The Hall–Kier alpha value is -2.88. The molecule has 7 heteroatoms. The van der Waals surface area contributed by atoms with Crippen LogP contribution in [0.1, 0.15) is 11.9 Å². The van der Waals surface area contributed by atoms with E-state index in [2.05, 4.69) is 21.6 Å². The van der Waals surface area contributed by atoms with Gasteiger partial charge in [-0.25, -0.2) is 4.98 Å². The van der Waals surface area contributed by atoms with Crippen molar-refractivity contribution in [2.45, 2.75) is 6.92 Å². The molecule has 130 valence electrons. The highest BCUT2D eigenvalue weighted by molar-refractivity contribution is 7.12. The van der Waals surface area contributed by atoms with E-state index < -0.39 is 0 Å². The number of rotatable bonds is 6. The second kappa shape index (κ2) is 8.48. The summed E-state index contributed by atoms with van der Waals surface area (Å²) in [6, 6.07) is 16.9. The van der Waals surface area contributed by atoms with Gasteiger partial charge in [-0.3, -0.25) is 5.43 Å². The molecule has 5 nitrogen and oxygen atoms in total. The van der Waals surface area contributed by atoms with Crippen LogP contribution in [0.5, 0.6) is 5.75 Å². The highest BCUT2D eigenvalue weighted by Gasteiger charge is 2.10. The Labute approximate surface area is 160 Å². The Morgan fingerprint density at radius 1 is 1.31 bits per heavy atom. The van der Waals surface area contributed by atoms with Gasteiger partial charge in [0.05, 0.1) is 18.0 Å². The molecule has 0 aliphatic rings. The van der Waals surface area contributed by atoms with Gasteiger partial charge in [0, 0.05) is 16.0 Å². The van der Waals surface area contributed by atoms with Crippen molar-refractivity contribution >= 4 is 34.3 Å². The third-order valence-corrected chi connectivity index (χ3v) is 4.48. The quantitative estimate of drug-likeness (QED) is 0.469. The Morgan fingerprint density at radius 3 is 2.81 bits per heavy atom. The van der Waals surface area contributed by atoms with Gasteiger partial charge in [0.25, 0.3) is 0 Å². The van der Waals surface area contributed by atoms with Crippen LogP contribution in [-0.2, 0) is 0 Å². The standard InChI is InChI=1S/C19H15ClN4OS/c1-2-25-16-8-6-13(7-9-16)18-12-26-19(22-18)17(11-21)24-23-15-5-3-4-14(20)10-15/h3-10,12,23H,2H2,1H3/b24-17+. The summed E-state index contributed by atoms with van der Waals surface area (Å²) in [5.41, 5.74) is 5.50. The van der Waals surface area contributed by atoms with Crippen molar-refractivity contribution in [3.8, 4) is 23.1 Å². The van der Waals surface area contributed by atoms with Crippen LogP contribution in [0, 0.1) is 11.3 Å². The Kier molecular flexibility index (Phi) is 5.84. The summed E-state index contributed by atoms with van der Waals surface area (Å²) < 4.78 is 5.44. The number of hydrazone groups is 1. The first-order valence-electron chi connectivity index (χ1n) is 7.88. The van der Waals surface area contributed by atoms with Gasteiger partial charge in [-0.05, 0) is 49.4 Å². The summed E-state index contributed by atoms with van der Waals surface area (Å²) in [6.07, 6.45) is 0. The van der Waals surface area contributed by atoms with Gasteiger partial charge < -0.3 is 4.74 Å². The molecule has 0 fully saturated rings.